The summed E-state index contributed by atoms with van der Waals surface area (Å²) >= 11 is 0. The van der Waals surface area contributed by atoms with E-state index in [1.54, 1.807) is 12.1 Å². The van der Waals surface area contributed by atoms with E-state index in [0.717, 1.165) is 6.54 Å². The first-order chi connectivity index (χ1) is 8.91. The SMILES string of the molecule is CC(C)[NH+](CCOc1ccc(C(=O)[O-])cc1)C(C)C. The number of carboxylic acid groups (broad SMARTS) is 1. The molecule has 0 bridgehead atoms. The van der Waals surface area contributed by atoms with Crippen molar-refractivity contribution in [2.45, 2.75) is 39.8 Å². The maximum absolute atomic E-state index is 10.6. The predicted octanol–water partition coefficient (Wildman–Crippen LogP) is 0.131. The zero-order valence-electron chi connectivity index (χ0n) is 12.1. The van der Waals surface area contributed by atoms with Crippen LogP contribution in [0.5, 0.6) is 5.75 Å². The Morgan fingerprint density at radius 1 is 1.16 bits per heavy atom. The van der Waals surface area contributed by atoms with Gasteiger partial charge < -0.3 is 19.5 Å². The summed E-state index contributed by atoms with van der Waals surface area (Å²) in [6.45, 7) is 10.3. The van der Waals surface area contributed by atoms with Crippen molar-refractivity contribution in [3.8, 4) is 5.75 Å². The smallest absolute Gasteiger partial charge is 0.137 e. The van der Waals surface area contributed by atoms with Gasteiger partial charge in [-0.2, -0.15) is 0 Å². The van der Waals surface area contributed by atoms with Gasteiger partial charge in [0.1, 0.15) is 18.9 Å². The number of benzene rings is 1. The molecule has 1 aromatic rings. The van der Waals surface area contributed by atoms with Crippen LogP contribution in [-0.4, -0.2) is 31.2 Å². The van der Waals surface area contributed by atoms with Crippen LogP contribution in [0.15, 0.2) is 24.3 Å². The molecule has 106 valence electrons. The Morgan fingerprint density at radius 3 is 2.11 bits per heavy atom. The molecule has 1 N–H and O–H groups in total. The minimum Gasteiger partial charge on any atom is -0.545 e. The van der Waals surface area contributed by atoms with Gasteiger partial charge in [0.05, 0.1) is 18.1 Å². The van der Waals surface area contributed by atoms with Crippen molar-refractivity contribution in [2.75, 3.05) is 13.2 Å². The van der Waals surface area contributed by atoms with Gasteiger partial charge in [0.25, 0.3) is 0 Å². The van der Waals surface area contributed by atoms with Gasteiger partial charge in [-0.15, -0.1) is 0 Å². The van der Waals surface area contributed by atoms with Crippen molar-refractivity contribution in [1.29, 1.82) is 0 Å². The Bertz CT molecular complexity index is 390. The van der Waals surface area contributed by atoms with E-state index in [-0.39, 0.29) is 5.56 Å². The van der Waals surface area contributed by atoms with Crippen LogP contribution >= 0.6 is 0 Å². The molecule has 19 heavy (non-hydrogen) atoms. The number of rotatable bonds is 7. The van der Waals surface area contributed by atoms with E-state index in [9.17, 15) is 9.90 Å². The van der Waals surface area contributed by atoms with Gasteiger partial charge in [-0.25, -0.2) is 0 Å². The van der Waals surface area contributed by atoms with Gasteiger partial charge in [0.15, 0.2) is 0 Å². The Kier molecular flexibility index (Phi) is 5.83. The van der Waals surface area contributed by atoms with Gasteiger partial charge in [-0.3, -0.25) is 0 Å². The minimum atomic E-state index is -1.17. The van der Waals surface area contributed by atoms with Crippen LogP contribution in [-0.2, 0) is 0 Å². The van der Waals surface area contributed by atoms with E-state index in [0.29, 0.717) is 24.4 Å². The third-order valence-electron chi connectivity index (χ3n) is 3.23. The molecule has 0 unspecified atom stereocenters. The van der Waals surface area contributed by atoms with Crippen LogP contribution < -0.4 is 14.7 Å². The Balaban J connectivity index is 2.46. The van der Waals surface area contributed by atoms with Crippen LogP contribution in [0.25, 0.3) is 0 Å². The molecular weight excluding hydrogens is 242 g/mol. The summed E-state index contributed by atoms with van der Waals surface area (Å²) in [5, 5.41) is 10.6. The lowest BCUT2D eigenvalue weighted by Crippen LogP contribution is -3.18. The highest BCUT2D eigenvalue weighted by molar-refractivity contribution is 5.85. The van der Waals surface area contributed by atoms with Crippen molar-refractivity contribution in [1.82, 2.24) is 0 Å². The van der Waals surface area contributed by atoms with Crippen molar-refractivity contribution in [2.24, 2.45) is 0 Å². The van der Waals surface area contributed by atoms with Crippen molar-refractivity contribution < 1.29 is 19.5 Å². The molecule has 0 fully saturated rings. The summed E-state index contributed by atoms with van der Waals surface area (Å²) in [6, 6.07) is 7.44. The topological polar surface area (TPSA) is 53.8 Å². The van der Waals surface area contributed by atoms with E-state index in [1.165, 1.54) is 17.0 Å². The van der Waals surface area contributed by atoms with Gasteiger partial charge >= 0.3 is 0 Å². The highest BCUT2D eigenvalue weighted by Crippen LogP contribution is 2.11. The maximum Gasteiger partial charge on any atom is 0.137 e. The van der Waals surface area contributed by atoms with E-state index in [4.69, 9.17) is 4.74 Å². The molecule has 0 amide bonds. The number of hydrogen-bond donors (Lipinski definition) is 1. The summed E-state index contributed by atoms with van der Waals surface area (Å²) < 4.78 is 5.64. The largest absolute Gasteiger partial charge is 0.545 e. The molecule has 1 aromatic carbocycles. The molecule has 4 nitrogen and oxygen atoms in total. The van der Waals surface area contributed by atoms with Gasteiger partial charge in [0.2, 0.25) is 0 Å². The van der Waals surface area contributed by atoms with Crippen molar-refractivity contribution in [3.63, 3.8) is 0 Å². The third kappa shape index (κ3) is 4.91. The van der Waals surface area contributed by atoms with Crippen LogP contribution in [0.4, 0.5) is 0 Å². The van der Waals surface area contributed by atoms with E-state index >= 15 is 0 Å². The summed E-state index contributed by atoms with van der Waals surface area (Å²) in [5.74, 6) is -0.473. The van der Waals surface area contributed by atoms with Crippen molar-refractivity contribution >= 4 is 5.97 Å². The highest BCUT2D eigenvalue weighted by atomic mass is 16.5. The molecule has 0 spiro atoms. The lowest BCUT2D eigenvalue weighted by Gasteiger charge is -2.27. The fourth-order valence-electron chi connectivity index (χ4n) is 2.22. The zero-order chi connectivity index (χ0) is 14.4. The Hall–Kier alpha value is -1.55. The van der Waals surface area contributed by atoms with Gasteiger partial charge in [-0.1, -0.05) is 0 Å². The van der Waals surface area contributed by atoms with Gasteiger partial charge in [-0.05, 0) is 57.5 Å². The molecule has 0 aliphatic rings. The van der Waals surface area contributed by atoms with Crippen LogP contribution in [0.3, 0.4) is 0 Å². The lowest BCUT2D eigenvalue weighted by molar-refractivity contribution is -0.942. The quantitative estimate of drug-likeness (QED) is 0.762. The van der Waals surface area contributed by atoms with E-state index in [2.05, 4.69) is 27.7 Å². The number of ether oxygens (including phenoxy) is 1. The van der Waals surface area contributed by atoms with Crippen molar-refractivity contribution in [3.05, 3.63) is 29.8 Å². The monoisotopic (exact) mass is 265 g/mol. The number of quaternary nitrogens is 1. The molecule has 0 saturated carbocycles. The first kappa shape index (κ1) is 15.5. The normalized spacial score (nSPS) is 11.3. The second kappa shape index (κ2) is 7.14. The highest BCUT2D eigenvalue weighted by Gasteiger charge is 2.16. The molecule has 0 heterocycles. The molecule has 4 heteroatoms. The summed E-state index contributed by atoms with van der Waals surface area (Å²) in [4.78, 5) is 12.1. The second-order valence-electron chi connectivity index (χ2n) is 5.29. The molecule has 0 saturated heterocycles. The molecule has 0 radical (unpaired) electrons. The van der Waals surface area contributed by atoms with Crippen LogP contribution in [0.1, 0.15) is 38.1 Å². The summed E-state index contributed by atoms with van der Waals surface area (Å²) in [5.41, 5.74) is 0.170. The molecule has 0 atom stereocenters. The first-order valence-corrected chi connectivity index (χ1v) is 6.71. The first-order valence-electron chi connectivity index (χ1n) is 6.71. The molecule has 0 aromatic heterocycles. The Labute approximate surface area is 115 Å². The summed E-state index contributed by atoms with van der Waals surface area (Å²) in [7, 11) is 0. The van der Waals surface area contributed by atoms with Crippen LogP contribution in [0.2, 0.25) is 0 Å². The van der Waals surface area contributed by atoms with E-state index in [1.807, 2.05) is 0 Å². The standard InChI is InChI=1S/C15H23NO3/c1-11(2)16(12(3)4)9-10-19-14-7-5-13(6-8-14)15(17)18/h5-8,11-12H,9-10H2,1-4H3,(H,17,18). The fraction of sp³-hybridized carbons (Fsp3) is 0.533. The van der Waals surface area contributed by atoms with Gasteiger partial charge in [0, 0.05) is 0 Å². The average Bonchev–Trinajstić information content (AvgIpc) is 2.34. The Morgan fingerprint density at radius 2 is 1.68 bits per heavy atom. The molecule has 0 aliphatic carbocycles. The molecule has 1 rings (SSSR count). The fourth-order valence-corrected chi connectivity index (χ4v) is 2.22. The molecule has 0 aliphatic heterocycles. The maximum atomic E-state index is 10.6. The third-order valence-corrected chi connectivity index (χ3v) is 3.23. The molecular formula is C15H23NO3. The minimum absolute atomic E-state index is 0.170. The number of aromatic carboxylic acids is 1. The second-order valence-corrected chi connectivity index (χ2v) is 5.29. The van der Waals surface area contributed by atoms with E-state index < -0.39 is 5.97 Å². The number of carboxylic acids is 1. The van der Waals surface area contributed by atoms with Crippen LogP contribution in [0, 0.1) is 0 Å². The number of hydrogen-bond acceptors (Lipinski definition) is 3. The zero-order valence-corrected chi connectivity index (χ0v) is 12.1. The lowest BCUT2D eigenvalue weighted by atomic mass is 10.2. The predicted molar refractivity (Wildman–Crippen MR) is 72.4 cm³/mol. The summed E-state index contributed by atoms with van der Waals surface area (Å²) in [6.07, 6.45) is 0. The number of nitrogens with one attached hydrogen (secondary N) is 1. The average molecular weight is 265 g/mol. The number of carbonyl (C=O) groups is 1. The number of carbonyl (C=O) groups excluding carboxylic acids is 1.